The van der Waals surface area contributed by atoms with Crippen LogP contribution in [-0.2, 0) is 11.2 Å². The van der Waals surface area contributed by atoms with E-state index in [1.807, 2.05) is 42.9 Å². The minimum Gasteiger partial charge on any atom is -0.481 e. The van der Waals surface area contributed by atoms with Crippen LogP contribution in [0.4, 0.5) is 0 Å². The Balaban J connectivity index is 1.96. The molecule has 0 bridgehead atoms. The number of carboxylic acid groups (broad SMARTS) is 1. The van der Waals surface area contributed by atoms with E-state index < -0.39 is 11.9 Å². The highest BCUT2D eigenvalue weighted by molar-refractivity contribution is 7.07. The maximum atomic E-state index is 12.9. The minimum absolute atomic E-state index is 0.0119. The van der Waals surface area contributed by atoms with Crippen LogP contribution in [0.25, 0.3) is 11.0 Å². The Bertz CT molecular complexity index is 1040. The number of hydrogen-bond acceptors (Lipinski definition) is 5. The normalized spacial score (nSPS) is 12.7. The van der Waals surface area contributed by atoms with Crippen LogP contribution in [0.3, 0.4) is 0 Å². The largest absolute Gasteiger partial charge is 0.481 e. The molecule has 31 heavy (non-hydrogen) atoms. The van der Waals surface area contributed by atoms with Gasteiger partial charge in [0.1, 0.15) is 5.82 Å². The van der Waals surface area contributed by atoms with Gasteiger partial charge in [-0.2, -0.15) is 0 Å². The summed E-state index contributed by atoms with van der Waals surface area (Å²) in [5, 5.41) is 11.5. The number of nitrogens with zero attached hydrogens (tertiary/aromatic N) is 3. The number of imidazole rings is 1. The molecule has 0 aliphatic heterocycles. The van der Waals surface area contributed by atoms with Gasteiger partial charge < -0.3 is 9.67 Å². The first-order valence-corrected chi connectivity index (χ1v) is 11.9. The summed E-state index contributed by atoms with van der Waals surface area (Å²) in [5.74, 6) is -0.548. The summed E-state index contributed by atoms with van der Waals surface area (Å²) in [7, 11) is 0. The van der Waals surface area contributed by atoms with Crippen LogP contribution in [0.2, 0.25) is 0 Å². The molecule has 1 atom stereocenters. The average molecular weight is 442 g/mol. The summed E-state index contributed by atoms with van der Waals surface area (Å²) in [4.78, 5) is 33.7. The molecule has 1 aromatic carbocycles. The number of benzene rings is 1. The molecule has 1 N–H and O–H groups in total. The van der Waals surface area contributed by atoms with Crippen molar-refractivity contribution in [3.05, 3.63) is 46.2 Å². The third-order valence-electron chi connectivity index (χ3n) is 5.75. The van der Waals surface area contributed by atoms with Crippen LogP contribution < -0.4 is 0 Å². The lowest BCUT2D eigenvalue weighted by Gasteiger charge is -2.19. The van der Waals surface area contributed by atoms with Crippen LogP contribution >= 0.6 is 11.3 Å². The molecule has 2 heterocycles. The Morgan fingerprint density at radius 1 is 1.19 bits per heavy atom. The molecule has 3 aromatic rings. The predicted octanol–water partition coefficient (Wildman–Crippen LogP) is 5.76. The van der Waals surface area contributed by atoms with Crippen LogP contribution in [0.5, 0.6) is 0 Å². The van der Waals surface area contributed by atoms with Gasteiger partial charge in [-0.15, -0.1) is 11.3 Å². The molecule has 0 spiro atoms. The molecule has 0 fully saturated rings. The minimum atomic E-state index is -0.910. The molecule has 3 rings (SSSR count). The molecule has 0 saturated heterocycles. The maximum absolute atomic E-state index is 12.9. The number of thiazole rings is 1. The summed E-state index contributed by atoms with van der Waals surface area (Å²) >= 11 is 1.57. The summed E-state index contributed by atoms with van der Waals surface area (Å²) in [6.45, 7) is 8.29. The van der Waals surface area contributed by atoms with Crippen molar-refractivity contribution in [3.8, 4) is 0 Å². The molecular weight excluding hydrogens is 410 g/mol. The molecule has 6 nitrogen and oxygen atoms in total. The van der Waals surface area contributed by atoms with Gasteiger partial charge in [0.15, 0.2) is 5.78 Å². The smallest absolute Gasteiger partial charge is 0.306 e. The number of fused-ring (bicyclic) bond motifs is 1. The highest BCUT2D eigenvalue weighted by Gasteiger charge is 2.24. The van der Waals surface area contributed by atoms with Crippen molar-refractivity contribution in [2.75, 3.05) is 0 Å². The topological polar surface area (TPSA) is 85.1 Å². The van der Waals surface area contributed by atoms with Crippen LogP contribution in [0.15, 0.2) is 29.1 Å². The molecule has 166 valence electrons. The van der Waals surface area contributed by atoms with Crippen molar-refractivity contribution in [1.82, 2.24) is 14.5 Å². The summed E-state index contributed by atoms with van der Waals surface area (Å²) in [5.41, 5.74) is 5.12. The number of ketones is 1. The third-order valence-corrected chi connectivity index (χ3v) is 6.39. The Morgan fingerprint density at radius 3 is 2.52 bits per heavy atom. The highest BCUT2D eigenvalue weighted by atomic mass is 32.1. The Kier molecular flexibility index (Phi) is 7.59. The first-order valence-electron chi connectivity index (χ1n) is 11.0. The summed E-state index contributed by atoms with van der Waals surface area (Å²) < 4.78 is 2.28. The lowest BCUT2D eigenvalue weighted by molar-refractivity contribution is -0.142. The number of aliphatic carboxylic acids is 1. The van der Waals surface area contributed by atoms with E-state index in [1.54, 1.807) is 11.3 Å². The summed E-state index contributed by atoms with van der Waals surface area (Å²) in [6, 6.07) is 5.90. The Morgan fingerprint density at radius 2 is 1.94 bits per heavy atom. The number of rotatable bonds is 11. The van der Waals surface area contributed by atoms with Crippen molar-refractivity contribution in [2.45, 2.75) is 65.8 Å². The fraction of sp³-hybridized carbons (Fsp3) is 0.500. The second kappa shape index (κ2) is 10.2. The number of carbonyl (C=O) groups excluding carboxylic acids is 1. The molecule has 0 amide bonds. The molecular formula is C24H31N3O3S. The molecule has 0 saturated carbocycles. The van der Waals surface area contributed by atoms with Crippen molar-refractivity contribution < 1.29 is 14.7 Å². The lowest BCUT2D eigenvalue weighted by atomic mass is 9.90. The molecule has 0 aliphatic rings. The first kappa shape index (κ1) is 23.1. The number of hydrogen-bond donors (Lipinski definition) is 1. The number of carbonyl (C=O) groups is 2. The first-order chi connectivity index (χ1) is 14.8. The number of Topliss-reactive ketones (excluding diaryl/α,β-unsaturated/α-hetero) is 1. The van der Waals surface area contributed by atoms with Crippen molar-refractivity contribution in [1.29, 1.82) is 0 Å². The van der Waals surface area contributed by atoms with Crippen molar-refractivity contribution in [3.63, 3.8) is 0 Å². The van der Waals surface area contributed by atoms with Crippen LogP contribution in [-0.4, -0.2) is 31.4 Å². The monoisotopic (exact) mass is 441 g/mol. The van der Waals surface area contributed by atoms with Gasteiger partial charge in [-0.3, -0.25) is 9.59 Å². The molecule has 7 heteroatoms. The van der Waals surface area contributed by atoms with Gasteiger partial charge in [-0.1, -0.05) is 27.7 Å². The van der Waals surface area contributed by atoms with E-state index in [4.69, 9.17) is 4.98 Å². The number of carboxylic acids is 1. The van der Waals surface area contributed by atoms with Crippen molar-refractivity contribution in [2.24, 2.45) is 11.8 Å². The zero-order chi connectivity index (χ0) is 22.5. The van der Waals surface area contributed by atoms with Gasteiger partial charge in [0.05, 0.1) is 28.2 Å². The lowest BCUT2D eigenvalue weighted by Crippen LogP contribution is -2.20. The number of aromatic nitrogens is 3. The standard InChI is InChI=1S/C24H31N3O3S/c1-5-19(6-2)27-21-8-7-16(22(28)11-17(24(29)30)9-15(3)4)10-20(21)26-23(27)12-18-13-31-14-25-18/h7-8,10,13-15,17,19H,5-6,9,11-12H2,1-4H3,(H,29,30)/t17-/m1/s1. The van der Waals surface area contributed by atoms with E-state index in [0.717, 1.165) is 35.4 Å². The van der Waals surface area contributed by atoms with Crippen molar-refractivity contribution >= 4 is 34.1 Å². The SMILES string of the molecule is CCC(CC)n1c(Cc2cscn2)nc2cc(C(=O)C[C@@H](CC(C)C)C(=O)O)ccc21. The second-order valence-corrected chi connectivity index (χ2v) is 9.24. The van der Waals surface area contributed by atoms with Crippen LogP contribution in [0, 0.1) is 11.8 Å². The van der Waals surface area contributed by atoms with Gasteiger partial charge in [0.2, 0.25) is 0 Å². The average Bonchev–Trinajstić information content (AvgIpc) is 3.36. The Labute approximate surface area is 187 Å². The fourth-order valence-corrected chi connectivity index (χ4v) is 4.74. The highest BCUT2D eigenvalue weighted by Crippen LogP contribution is 2.28. The zero-order valence-electron chi connectivity index (χ0n) is 18.7. The quantitative estimate of drug-likeness (QED) is 0.382. The molecule has 2 aromatic heterocycles. The molecule has 0 radical (unpaired) electrons. The van der Waals surface area contributed by atoms with Crippen LogP contribution in [0.1, 0.15) is 81.3 Å². The van der Waals surface area contributed by atoms with Gasteiger partial charge in [0.25, 0.3) is 0 Å². The fourth-order valence-electron chi connectivity index (χ4n) is 4.18. The summed E-state index contributed by atoms with van der Waals surface area (Å²) in [6.07, 6.45) is 3.13. The zero-order valence-corrected chi connectivity index (χ0v) is 19.5. The third kappa shape index (κ3) is 5.39. The second-order valence-electron chi connectivity index (χ2n) is 8.52. The van der Waals surface area contributed by atoms with E-state index in [1.165, 1.54) is 0 Å². The maximum Gasteiger partial charge on any atom is 0.306 e. The van der Waals surface area contributed by atoms with E-state index in [9.17, 15) is 14.7 Å². The van der Waals surface area contributed by atoms with Gasteiger partial charge in [-0.05, 0) is 43.4 Å². The van der Waals surface area contributed by atoms with E-state index in [0.29, 0.717) is 24.4 Å². The Hall–Kier alpha value is -2.54. The van der Waals surface area contributed by atoms with Gasteiger partial charge in [-0.25, -0.2) is 9.97 Å². The molecule has 0 aliphatic carbocycles. The predicted molar refractivity (Wildman–Crippen MR) is 124 cm³/mol. The van der Waals surface area contributed by atoms with E-state index >= 15 is 0 Å². The molecule has 0 unspecified atom stereocenters. The van der Waals surface area contributed by atoms with E-state index in [2.05, 4.69) is 23.4 Å². The van der Waals surface area contributed by atoms with E-state index in [-0.39, 0.29) is 18.1 Å². The van der Waals surface area contributed by atoms with Gasteiger partial charge >= 0.3 is 5.97 Å². The van der Waals surface area contributed by atoms with Gasteiger partial charge in [0, 0.05) is 29.8 Å².